The van der Waals surface area contributed by atoms with Gasteiger partial charge in [0, 0.05) is 5.56 Å². The van der Waals surface area contributed by atoms with E-state index in [2.05, 4.69) is 0 Å². The number of ether oxygens (including phenoxy) is 2. The molecule has 2 aromatic carbocycles. The summed E-state index contributed by atoms with van der Waals surface area (Å²) in [6.45, 7) is 0.0851. The lowest BCUT2D eigenvalue weighted by atomic mass is 10.1. The average Bonchev–Trinajstić information content (AvgIpc) is 2.83. The van der Waals surface area contributed by atoms with Gasteiger partial charge in [-0.2, -0.15) is 0 Å². The predicted octanol–water partition coefficient (Wildman–Crippen LogP) is 2.61. The average molecular weight is 270 g/mol. The van der Waals surface area contributed by atoms with E-state index in [9.17, 15) is 9.90 Å². The maximum atomic E-state index is 11.9. The monoisotopic (exact) mass is 270 g/mol. The van der Waals surface area contributed by atoms with E-state index in [0.29, 0.717) is 5.56 Å². The third-order valence-electron chi connectivity index (χ3n) is 3.28. The SMILES string of the molecule is O=C(OCC1OC(O)c2ccccc21)c1ccccc1. The van der Waals surface area contributed by atoms with Crippen LogP contribution in [0, 0.1) is 0 Å². The van der Waals surface area contributed by atoms with Crippen LogP contribution in [0.5, 0.6) is 0 Å². The molecule has 102 valence electrons. The Morgan fingerprint density at radius 2 is 1.70 bits per heavy atom. The number of aliphatic hydroxyl groups is 1. The number of fused-ring (bicyclic) bond motifs is 1. The van der Waals surface area contributed by atoms with Gasteiger partial charge in [-0.05, 0) is 17.7 Å². The number of carbonyl (C=O) groups is 1. The highest BCUT2D eigenvalue weighted by Gasteiger charge is 2.30. The fourth-order valence-corrected chi connectivity index (χ4v) is 2.27. The summed E-state index contributed by atoms with van der Waals surface area (Å²) >= 11 is 0. The molecule has 20 heavy (non-hydrogen) atoms. The number of esters is 1. The second kappa shape index (κ2) is 5.45. The standard InChI is InChI=1S/C16H14O4/c17-15(11-6-2-1-3-7-11)19-10-14-12-8-4-5-9-13(12)16(18)20-14/h1-9,14,16,18H,10H2. The van der Waals surface area contributed by atoms with E-state index in [1.807, 2.05) is 24.3 Å². The first-order valence-corrected chi connectivity index (χ1v) is 6.40. The molecule has 1 aliphatic rings. The van der Waals surface area contributed by atoms with Crippen molar-refractivity contribution in [2.24, 2.45) is 0 Å². The van der Waals surface area contributed by atoms with Crippen LogP contribution in [0.1, 0.15) is 33.9 Å². The molecule has 4 heteroatoms. The van der Waals surface area contributed by atoms with Crippen LogP contribution in [-0.2, 0) is 9.47 Å². The lowest BCUT2D eigenvalue weighted by Crippen LogP contribution is -2.12. The van der Waals surface area contributed by atoms with Gasteiger partial charge in [0.2, 0.25) is 0 Å². The normalized spacial score (nSPS) is 20.4. The highest BCUT2D eigenvalue weighted by atomic mass is 16.6. The van der Waals surface area contributed by atoms with Gasteiger partial charge in [-0.1, -0.05) is 42.5 Å². The van der Waals surface area contributed by atoms with Crippen molar-refractivity contribution in [2.75, 3.05) is 6.61 Å². The van der Waals surface area contributed by atoms with E-state index in [0.717, 1.165) is 11.1 Å². The van der Waals surface area contributed by atoms with Gasteiger partial charge < -0.3 is 14.6 Å². The summed E-state index contributed by atoms with van der Waals surface area (Å²) in [5, 5.41) is 9.77. The molecule has 4 nitrogen and oxygen atoms in total. The molecule has 1 N–H and O–H groups in total. The predicted molar refractivity (Wildman–Crippen MR) is 72.0 cm³/mol. The Morgan fingerprint density at radius 3 is 2.45 bits per heavy atom. The zero-order chi connectivity index (χ0) is 13.9. The highest BCUT2D eigenvalue weighted by molar-refractivity contribution is 5.89. The van der Waals surface area contributed by atoms with Gasteiger partial charge in [0.05, 0.1) is 5.56 Å². The molecule has 0 aliphatic carbocycles. The summed E-state index contributed by atoms with van der Waals surface area (Å²) < 4.78 is 10.6. The van der Waals surface area contributed by atoms with Crippen LogP contribution in [0.3, 0.4) is 0 Å². The minimum absolute atomic E-state index is 0.0851. The summed E-state index contributed by atoms with van der Waals surface area (Å²) in [5.41, 5.74) is 2.09. The lowest BCUT2D eigenvalue weighted by Gasteiger charge is -2.12. The number of benzene rings is 2. The van der Waals surface area contributed by atoms with E-state index >= 15 is 0 Å². The Morgan fingerprint density at radius 1 is 1.05 bits per heavy atom. The fourth-order valence-electron chi connectivity index (χ4n) is 2.27. The van der Waals surface area contributed by atoms with Crippen molar-refractivity contribution in [1.29, 1.82) is 0 Å². The minimum Gasteiger partial charge on any atom is -0.459 e. The van der Waals surface area contributed by atoms with Gasteiger partial charge in [-0.25, -0.2) is 4.79 Å². The van der Waals surface area contributed by atoms with Gasteiger partial charge >= 0.3 is 5.97 Å². The Hall–Kier alpha value is -2.17. The molecule has 1 heterocycles. The molecule has 2 aromatic rings. The summed E-state index contributed by atoms with van der Waals surface area (Å²) in [6.07, 6.45) is -1.37. The quantitative estimate of drug-likeness (QED) is 0.871. The molecule has 0 saturated heterocycles. The van der Waals surface area contributed by atoms with Crippen LogP contribution >= 0.6 is 0 Å². The molecule has 0 amide bonds. The summed E-state index contributed by atoms with van der Waals surface area (Å²) in [7, 11) is 0. The molecular formula is C16H14O4. The Kier molecular flexibility index (Phi) is 3.50. The van der Waals surface area contributed by atoms with E-state index in [1.165, 1.54) is 0 Å². The number of aliphatic hydroxyl groups excluding tert-OH is 1. The lowest BCUT2D eigenvalue weighted by molar-refractivity contribution is -0.132. The van der Waals surface area contributed by atoms with E-state index < -0.39 is 18.4 Å². The molecule has 0 radical (unpaired) electrons. The molecule has 3 rings (SSSR count). The first-order valence-electron chi connectivity index (χ1n) is 6.40. The number of carbonyl (C=O) groups excluding carboxylic acids is 1. The van der Waals surface area contributed by atoms with E-state index in [1.54, 1.807) is 30.3 Å². The van der Waals surface area contributed by atoms with Crippen LogP contribution in [0.15, 0.2) is 54.6 Å². The molecule has 2 unspecified atom stereocenters. The van der Waals surface area contributed by atoms with Crippen LogP contribution < -0.4 is 0 Å². The van der Waals surface area contributed by atoms with Gasteiger partial charge in [0.1, 0.15) is 12.7 Å². The Balaban J connectivity index is 1.67. The number of hydrogen-bond donors (Lipinski definition) is 1. The molecule has 0 fully saturated rings. The largest absolute Gasteiger partial charge is 0.459 e. The molecule has 0 saturated carbocycles. The molecule has 0 aromatic heterocycles. The van der Waals surface area contributed by atoms with Crippen molar-refractivity contribution >= 4 is 5.97 Å². The topological polar surface area (TPSA) is 55.8 Å². The fraction of sp³-hybridized carbons (Fsp3) is 0.188. The zero-order valence-corrected chi connectivity index (χ0v) is 10.7. The van der Waals surface area contributed by atoms with Gasteiger partial charge in [-0.3, -0.25) is 0 Å². The van der Waals surface area contributed by atoms with Crippen LogP contribution in [-0.4, -0.2) is 17.7 Å². The molecule has 1 aliphatic heterocycles. The van der Waals surface area contributed by atoms with Crippen LogP contribution in [0.4, 0.5) is 0 Å². The first-order chi connectivity index (χ1) is 9.75. The minimum atomic E-state index is -0.952. The van der Waals surface area contributed by atoms with E-state index in [4.69, 9.17) is 9.47 Å². The van der Waals surface area contributed by atoms with E-state index in [-0.39, 0.29) is 6.61 Å². The Labute approximate surface area is 116 Å². The van der Waals surface area contributed by atoms with Gasteiger partial charge in [0.15, 0.2) is 6.29 Å². The third-order valence-corrected chi connectivity index (χ3v) is 3.28. The number of rotatable bonds is 3. The van der Waals surface area contributed by atoms with Crippen molar-refractivity contribution in [3.8, 4) is 0 Å². The maximum absolute atomic E-state index is 11.9. The van der Waals surface area contributed by atoms with Crippen molar-refractivity contribution in [3.05, 3.63) is 71.3 Å². The molecular weight excluding hydrogens is 256 g/mol. The second-order valence-electron chi connectivity index (χ2n) is 4.57. The Bertz CT molecular complexity index is 609. The first kappa shape index (κ1) is 12.8. The van der Waals surface area contributed by atoms with Crippen LogP contribution in [0.2, 0.25) is 0 Å². The third kappa shape index (κ3) is 2.43. The molecule has 2 atom stereocenters. The molecule has 0 spiro atoms. The molecule has 0 bridgehead atoms. The second-order valence-corrected chi connectivity index (χ2v) is 4.57. The highest BCUT2D eigenvalue weighted by Crippen LogP contribution is 2.37. The number of hydrogen-bond acceptors (Lipinski definition) is 4. The summed E-state index contributed by atoms with van der Waals surface area (Å²) in [5.74, 6) is -0.395. The van der Waals surface area contributed by atoms with Crippen molar-refractivity contribution in [3.63, 3.8) is 0 Å². The van der Waals surface area contributed by atoms with Crippen LogP contribution in [0.25, 0.3) is 0 Å². The van der Waals surface area contributed by atoms with Gasteiger partial charge in [-0.15, -0.1) is 0 Å². The smallest absolute Gasteiger partial charge is 0.338 e. The van der Waals surface area contributed by atoms with Crippen molar-refractivity contribution in [1.82, 2.24) is 0 Å². The summed E-state index contributed by atoms with van der Waals surface area (Å²) in [6, 6.07) is 16.2. The van der Waals surface area contributed by atoms with Crippen molar-refractivity contribution in [2.45, 2.75) is 12.4 Å². The summed E-state index contributed by atoms with van der Waals surface area (Å²) in [4.78, 5) is 11.9. The van der Waals surface area contributed by atoms with Crippen molar-refractivity contribution < 1.29 is 19.4 Å². The zero-order valence-electron chi connectivity index (χ0n) is 10.7. The van der Waals surface area contributed by atoms with Gasteiger partial charge in [0.25, 0.3) is 0 Å². The maximum Gasteiger partial charge on any atom is 0.338 e.